The number of ether oxygens (including phenoxy) is 2. The van der Waals surface area contributed by atoms with Crippen LogP contribution in [0.4, 0.5) is 5.69 Å². The summed E-state index contributed by atoms with van der Waals surface area (Å²) in [5.74, 6) is 0.421. The van der Waals surface area contributed by atoms with Gasteiger partial charge in [0.2, 0.25) is 15.9 Å². The minimum absolute atomic E-state index is 0.157. The Balaban J connectivity index is 2.02. The van der Waals surface area contributed by atoms with Crippen LogP contribution >= 0.6 is 11.6 Å². The second-order valence-corrected chi connectivity index (χ2v) is 8.60. The summed E-state index contributed by atoms with van der Waals surface area (Å²) in [5, 5.41) is 3.10. The van der Waals surface area contributed by atoms with Crippen LogP contribution in [0.3, 0.4) is 0 Å². The number of rotatable bonds is 11. The van der Waals surface area contributed by atoms with E-state index in [0.717, 1.165) is 0 Å². The summed E-state index contributed by atoms with van der Waals surface area (Å²) in [6, 6.07) is 9.96. The summed E-state index contributed by atoms with van der Waals surface area (Å²) >= 11 is 6.23. The fourth-order valence-electron chi connectivity index (χ4n) is 2.62. The summed E-state index contributed by atoms with van der Waals surface area (Å²) in [6.07, 6.45) is 4.44. The molecule has 0 aliphatic heterocycles. The van der Waals surface area contributed by atoms with E-state index in [1.807, 2.05) is 6.92 Å². The van der Waals surface area contributed by atoms with E-state index < -0.39 is 10.0 Å². The highest BCUT2D eigenvalue weighted by atomic mass is 35.5. The third-order valence-electron chi connectivity index (χ3n) is 3.99. The number of benzene rings is 2. The molecule has 0 atom stereocenters. The molecule has 0 fully saturated rings. The van der Waals surface area contributed by atoms with E-state index in [-0.39, 0.29) is 18.2 Å². The van der Waals surface area contributed by atoms with Gasteiger partial charge in [-0.15, -0.1) is 6.58 Å². The van der Waals surface area contributed by atoms with Crippen LogP contribution in [0.5, 0.6) is 11.5 Å². The van der Waals surface area contributed by atoms with E-state index in [9.17, 15) is 13.2 Å². The Morgan fingerprint density at radius 3 is 2.55 bits per heavy atom. The number of carbonyl (C=O) groups excluding carboxylic acids is 1. The maximum atomic E-state index is 12.2. The van der Waals surface area contributed by atoms with E-state index in [2.05, 4.69) is 16.6 Å². The predicted molar refractivity (Wildman–Crippen MR) is 124 cm³/mol. The monoisotopic (exact) mass is 464 g/mol. The number of anilines is 1. The number of nitrogens with one attached hydrogen (secondary N) is 2. The normalized spacial score (nSPS) is 11.3. The first-order valence-electron chi connectivity index (χ1n) is 9.44. The molecule has 0 saturated carbocycles. The number of carbonyl (C=O) groups is 1. The van der Waals surface area contributed by atoms with Crippen LogP contribution in [0.25, 0.3) is 6.08 Å². The van der Waals surface area contributed by atoms with Crippen LogP contribution in [0.1, 0.15) is 18.1 Å². The quantitative estimate of drug-likeness (QED) is 0.387. The van der Waals surface area contributed by atoms with E-state index in [4.69, 9.17) is 21.1 Å². The molecule has 0 bridgehead atoms. The fraction of sp³-hybridized carbons (Fsp3) is 0.227. The largest absolute Gasteiger partial charge is 0.493 e. The van der Waals surface area contributed by atoms with Crippen molar-refractivity contribution in [3.05, 3.63) is 71.3 Å². The third-order valence-corrected chi connectivity index (χ3v) is 5.59. The van der Waals surface area contributed by atoms with Gasteiger partial charge in [0, 0.05) is 18.3 Å². The van der Waals surface area contributed by atoms with E-state index in [0.29, 0.717) is 39.9 Å². The van der Waals surface area contributed by atoms with Crippen molar-refractivity contribution in [3.63, 3.8) is 0 Å². The second-order valence-electron chi connectivity index (χ2n) is 6.38. The number of halogens is 1. The first-order valence-corrected chi connectivity index (χ1v) is 11.5. The maximum absolute atomic E-state index is 12.2. The van der Waals surface area contributed by atoms with E-state index in [1.165, 1.54) is 19.3 Å². The number of amides is 1. The van der Waals surface area contributed by atoms with Gasteiger partial charge in [-0.25, -0.2) is 13.1 Å². The molecule has 2 rings (SSSR count). The van der Waals surface area contributed by atoms with Crippen molar-refractivity contribution in [3.8, 4) is 11.5 Å². The van der Waals surface area contributed by atoms with Crippen LogP contribution < -0.4 is 19.5 Å². The van der Waals surface area contributed by atoms with Crippen molar-refractivity contribution in [2.24, 2.45) is 0 Å². The molecule has 0 aliphatic rings. The van der Waals surface area contributed by atoms with Crippen molar-refractivity contribution in [2.75, 3.05) is 25.6 Å². The Hall–Kier alpha value is -2.81. The molecule has 7 nitrogen and oxygen atoms in total. The van der Waals surface area contributed by atoms with Gasteiger partial charge in [0.15, 0.2) is 11.5 Å². The first kappa shape index (κ1) is 24.5. The molecule has 0 spiro atoms. The molecule has 166 valence electrons. The minimum Gasteiger partial charge on any atom is -0.493 e. The molecule has 0 heterocycles. The minimum atomic E-state index is -3.44. The number of hydrogen-bond acceptors (Lipinski definition) is 5. The molecule has 9 heteroatoms. The lowest BCUT2D eigenvalue weighted by Crippen LogP contribution is -2.25. The Kier molecular flexibility index (Phi) is 9.11. The maximum Gasteiger partial charge on any atom is 0.248 e. The van der Waals surface area contributed by atoms with Gasteiger partial charge in [0.25, 0.3) is 0 Å². The van der Waals surface area contributed by atoms with Crippen molar-refractivity contribution in [2.45, 2.75) is 12.7 Å². The first-order chi connectivity index (χ1) is 14.8. The van der Waals surface area contributed by atoms with Gasteiger partial charge in [0.05, 0.1) is 24.5 Å². The van der Waals surface area contributed by atoms with Crippen LogP contribution in [0.2, 0.25) is 5.02 Å². The molecule has 0 aromatic heterocycles. The lowest BCUT2D eigenvalue weighted by atomic mass is 10.2. The average molecular weight is 465 g/mol. The topological polar surface area (TPSA) is 93.7 Å². The van der Waals surface area contributed by atoms with Crippen molar-refractivity contribution in [1.29, 1.82) is 0 Å². The van der Waals surface area contributed by atoms with Gasteiger partial charge in [-0.05, 0) is 48.4 Å². The lowest BCUT2D eigenvalue weighted by molar-refractivity contribution is -0.111. The molecular formula is C22H25ClN2O5S. The standard InChI is InChI=1S/C22H25ClN2O5S/c1-4-12-24-31(27,28)15-16-6-9-18(10-7-16)25-21(26)11-8-17-13-19(23)22(30-5-2)20(14-17)29-3/h4,6-11,13-14,24H,1,5,12,15H2,2-3H3,(H,25,26)/b11-8+. The zero-order valence-electron chi connectivity index (χ0n) is 17.4. The van der Waals surface area contributed by atoms with Crippen molar-refractivity contribution in [1.82, 2.24) is 4.72 Å². The van der Waals surface area contributed by atoms with Gasteiger partial charge in [-0.3, -0.25) is 4.79 Å². The predicted octanol–water partition coefficient (Wildman–Crippen LogP) is 4.00. The van der Waals surface area contributed by atoms with E-state index in [1.54, 1.807) is 42.5 Å². The van der Waals surface area contributed by atoms with Crippen LogP contribution in [0.15, 0.2) is 55.1 Å². The zero-order chi connectivity index (χ0) is 22.9. The summed E-state index contributed by atoms with van der Waals surface area (Å²) in [6.45, 7) is 5.95. The molecule has 0 aliphatic carbocycles. The third kappa shape index (κ3) is 7.75. The molecule has 31 heavy (non-hydrogen) atoms. The average Bonchev–Trinajstić information content (AvgIpc) is 2.73. The highest BCUT2D eigenvalue weighted by Crippen LogP contribution is 2.36. The summed E-state index contributed by atoms with van der Waals surface area (Å²) < 4.78 is 37.0. The number of sulfonamides is 1. The lowest BCUT2D eigenvalue weighted by Gasteiger charge is -2.11. The fourth-order valence-corrected chi connectivity index (χ4v) is 4.00. The molecular weight excluding hydrogens is 440 g/mol. The molecule has 0 unspecified atom stereocenters. The number of methoxy groups -OCH3 is 1. The van der Waals surface area contributed by atoms with Crippen LogP contribution in [-0.4, -0.2) is 34.6 Å². The summed E-state index contributed by atoms with van der Waals surface area (Å²) in [4.78, 5) is 12.2. The summed E-state index contributed by atoms with van der Waals surface area (Å²) in [5.41, 5.74) is 1.81. The van der Waals surface area contributed by atoms with Crippen LogP contribution in [0, 0.1) is 0 Å². The van der Waals surface area contributed by atoms with Gasteiger partial charge < -0.3 is 14.8 Å². The Morgan fingerprint density at radius 1 is 1.23 bits per heavy atom. The molecule has 0 saturated heterocycles. The van der Waals surface area contributed by atoms with Gasteiger partial charge in [-0.2, -0.15) is 0 Å². The van der Waals surface area contributed by atoms with Crippen LogP contribution in [-0.2, 0) is 20.6 Å². The highest BCUT2D eigenvalue weighted by molar-refractivity contribution is 7.88. The number of hydrogen-bond donors (Lipinski definition) is 2. The van der Waals surface area contributed by atoms with Gasteiger partial charge in [-0.1, -0.05) is 29.8 Å². The Morgan fingerprint density at radius 2 is 1.94 bits per heavy atom. The molecule has 2 N–H and O–H groups in total. The Bertz CT molecular complexity index is 1050. The van der Waals surface area contributed by atoms with Crippen molar-refractivity contribution >= 4 is 39.3 Å². The summed E-state index contributed by atoms with van der Waals surface area (Å²) in [7, 11) is -1.93. The Labute approximate surface area is 187 Å². The second kappa shape index (κ2) is 11.5. The van der Waals surface area contributed by atoms with E-state index >= 15 is 0 Å². The molecule has 1 amide bonds. The molecule has 0 radical (unpaired) electrons. The molecule has 2 aromatic carbocycles. The van der Waals surface area contributed by atoms with Crippen molar-refractivity contribution < 1.29 is 22.7 Å². The van der Waals surface area contributed by atoms with Gasteiger partial charge >= 0.3 is 0 Å². The zero-order valence-corrected chi connectivity index (χ0v) is 18.9. The van der Waals surface area contributed by atoms with Gasteiger partial charge in [0.1, 0.15) is 0 Å². The smallest absolute Gasteiger partial charge is 0.248 e. The molecule has 2 aromatic rings. The SMILES string of the molecule is C=CCNS(=O)(=O)Cc1ccc(NC(=O)/C=C/c2cc(Cl)c(OCC)c(OC)c2)cc1. The highest BCUT2D eigenvalue weighted by Gasteiger charge is 2.12.